The van der Waals surface area contributed by atoms with Gasteiger partial charge in [-0.1, -0.05) is 0 Å². The number of nitrogens with zero attached hydrogens (tertiary/aromatic N) is 3. The van der Waals surface area contributed by atoms with Crippen LogP contribution in [0.4, 0.5) is 5.69 Å². The van der Waals surface area contributed by atoms with E-state index in [-0.39, 0.29) is 29.7 Å². The number of benzene rings is 1. The van der Waals surface area contributed by atoms with E-state index in [4.69, 9.17) is 5.73 Å². The SMILES string of the molecule is CN(C)c1cc(CCCc2cc[n+]([O-])cc2)c(O)c2c1C[C@H]1C[C@H]3[C@H](N(C)C)C(=O)C(C(N)=O)=C(O)[C@@]3(O)C(=O)C1=C2O. The highest BCUT2D eigenvalue weighted by Crippen LogP contribution is 2.54. The minimum atomic E-state index is -2.68. The van der Waals surface area contributed by atoms with Gasteiger partial charge in [0.25, 0.3) is 5.91 Å². The summed E-state index contributed by atoms with van der Waals surface area (Å²) in [5, 5.41) is 57.2. The van der Waals surface area contributed by atoms with Gasteiger partial charge < -0.3 is 36.3 Å². The predicted octanol–water partition coefficient (Wildman–Crippen LogP) is 0.839. The third-order valence-electron chi connectivity index (χ3n) is 9.04. The van der Waals surface area contributed by atoms with Crippen LogP contribution in [0.1, 0.15) is 35.1 Å². The molecule has 4 atom stereocenters. The number of pyridine rings is 1. The molecule has 2 aromatic rings. The molecule has 0 saturated heterocycles. The molecule has 12 heteroatoms. The molecule has 1 fully saturated rings. The number of carbonyl (C=O) groups excluding carboxylic acids is 3. The number of likely N-dealkylation sites (N-methyl/N-ethyl adjacent to an activating group) is 1. The zero-order chi connectivity index (χ0) is 31.5. The molecule has 1 saturated carbocycles. The highest BCUT2D eigenvalue weighted by atomic mass is 16.5. The summed E-state index contributed by atoms with van der Waals surface area (Å²) in [6.07, 6.45) is 4.76. The molecular formula is C31H36N4O8. The van der Waals surface area contributed by atoms with Crippen molar-refractivity contribution in [3.63, 3.8) is 0 Å². The third-order valence-corrected chi connectivity index (χ3v) is 9.04. The van der Waals surface area contributed by atoms with Gasteiger partial charge in [0.2, 0.25) is 5.78 Å². The molecule has 1 aromatic carbocycles. The van der Waals surface area contributed by atoms with Crippen molar-refractivity contribution in [2.75, 3.05) is 33.1 Å². The van der Waals surface area contributed by atoms with Gasteiger partial charge in [0.15, 0.2) is 23.8 Å². The second-order valence-corrected chi connectivity index (χ2v) is 12.0. The minimum Gasteiger partial charge on any atom is -0.619 e. The smallest absolute Gasteiger partial charge is 0.255 e. The molecule has 3 aliphatic rings. The Morgan fingerprint density at radius 2 is 1.77 bits per heavy atom. The van der Waals surface area contributed by atoms with Crippen LogP contribution in [0, 0.1) is 17.0 Å². The normalized spacial score (nSPS) is 25.0. The van der Waals surface area contributed by atoms with E-state index in [1.54, 1.807) is 26.2 Å². The van der Waals surface area contributed by atoms with Gasteiger partial charge in [-0.25, -0.2) is 0 Å². The average molecular weight is 593 g/mol. The fourth-order valence-corrected chi connectivity index (χ4v) is 7.03. The number of phenolic OH excluding ortho intramolecular Hbond substituents is 1. The number of aliphatic hydroxyl groups is 3. The Hall–Kier alpha value is -4.42. The number of amides is 1. The lowest BCUT2D eigenvalue weighted by molar-refractivity contribution is -0.605. The molecule has 3 aliphatic carbocycles. The third kappa shape index (κ3) is 4.61. The number of anilines is 1. The van der Waals surface area contributed by atoms with Crippen molar-refractivity contribution in [3.05, 3.63) is 75.0 Å². The van der Waals surface area contributed by atoms with Gasteiger partial charge in [0, 0.05) is 43.4 Å². The highest BCUT2D eigenvalue weighted by Gasteiger charge is 2.64. The first-order valence-electron chi connectivity index (χ1n) is 14.1. The van der Waals surface area contributed by atoms with Crippen molar-refractivity contribution in [2.24, 2.45) is 17.6 Å². The second-order valence-electron chi connectivity index (χ2n) is 12.0. The number of ketones is 2. The standard InChI is InChI=1S/C31H36N4O8/c1-33(2)20-14-16(7-5-6-15-8-10-35(43)11-9-15)25(36)22-18(20)12-17-13-19-24(34(3)4)27(38)23(30(32)41)29(40)31(19,42)28(39)21(17)26(22)37/h8-11,14,17,19,24,36-37,40,42H,5-7,12-13H2,1-4H3,(H2,32,41)/t17-,19-,24-,31-/m0/s1. The van der Waals surface area contributed by atoms with Gasteiger partial charge in [-0.15, -0.1) is 0 Å². The van der Waals surface area contributed by atoms with Crippen molar-refractivity contribution in [1.82, 2.24) is 4.90 Å². The van der Waals surface area contributed by atoms with Crippen LogP contribution >= 0.6 is 0 Å². The number of phenols is 1. The maximum atomic E-state index is 14.1. The number of Topliss-reactive ketones (excluding diaryl/α,β-unsaturated/α-hetero) is 2. The Morgan fingerprint density at radius 1 is 1.12 bits per heavy atom. The molecule has 1 amide bonds. The number of hydrogen-bond acceptors (Lipinski definition) is 10. The quantitative estimate of drug-likeness (QED) is 0.175. The Kier molecular flexibility index (Phi) is 7.47. The van der Waals surface area contributed by atoms with Crippen LogP contribution in [0.5, 0.6) is 5.75 Å². The summed E-state index contributed by atoms with van der Waals surface area (Å²) < 4.78 is 0.701. The molecule has 0 unspecified atom stereocenters. The number of nitrogens with two attached hydrogens (primary N) is 1. The summed E-state index contributed by atoms with van der Waals surface area (Å²) in [4.78, 5) is 42.9. The van der Waals surface area contributed by atoms with Crippen molar-refractivity contribution < 1.29 is 39.5 Å². The number of fused-ring (bicyclic) bond motifs is 3. The van der Waals surface area contributed by atoms with Crippen molar-refractivity contribution in [2.45, 2.75) is 43.7 Å². The van der Waals surface area contributed by atoms with Crippen molar-refractivity contribution in [1.29, 1.82) is 0 Å². The van der Waals surface area contributed by atoms with Crippen LogP contribution in [0.15, 0.2) is 47.5 Å². The van der Waals surface area contributed by atoms with Crippen LogP contribution in [0.2, 0.25) is 0 Å². The summed E-state index contributed by atoms with van der Waals surface area (Å²) in [5.41, 5.74) is 4.59. The van der Waals surface area contributed by atoms with E-state index < -0.39 is 58.0 Å². The number of aliphatic hydroxyl groups excluding tert-OH is 2. The van der Waals surface area contributed by atoms with Gasteiger partial charge in [0.05, 0.1) is 11.6 Å². The van der Waals surface area contributed by atoms with Gasteiger partial charge >= 0.3 is 0 Å². The first kappa shape index (κ1) is 30.1. The first-order valence-corrected chi connectivity index (χ1v) is 14.1. The zero-order valence-electron chi connectivity index (χ0n) is 24.5. The molecule has 12 nitrogen and oxygen atoms in total. The highest BCUT2D eigenvalue weighted by molar-refractivity contribution is 6.24. The number of carbonyl (C=O) groups is 3. The summed E-state index contributed by atoms with van der Waals surface area (Å²) in [5.74, 6) is -6.69. The minimum absolute atomic E-state index is 0.0293. The van der Waals surface area contributed by atoms with Crippen LogP contribution in [-0.2, 0) is 33.6 Å². The van der Waals surface area contributed by atoms with E-state index in [0.29, 0.717) is 35.1 Å². The molecule has 6 N–H and O–H groups in total. The number of primary amides is 1. The average Bonchev–Trinajstić information content (AvgIpc) is 2.92. The summed E-state index contributed by atoms with van der Waals surface area (Å²) >= 11 is 0. The van der Waals surface area contributed by atoms with Crippen LogP contribution in [0.3, 0.4) is 0 Å². The first-order chi connectivity index (χ1) is 20.2. The largest absolute Gasteiger partial charge is 0.619 e. The van der Waals surface area contributed by atoms with E-state index >= 15 is 0 Å². The van der Waals surface area contributed by atoms with Gasteiger partial charge in [0.1, 0.15) is 22.8 Å². The molecule has 5 rings (SSSR count). The Balaban J connectivity index is 1.61. The number of rotatable bonds is 7. The van der Waals surface area contributed by atoms with E-state index in [0.717, 1.165) is 11.3 Å². The topological polar surface area (TPSA) is 192 Å². The monoisotopic (exact) mass is 592 g/mol. The maximum absolute atomic E-state index is 14.1. The molecule has 0 aliphatic heterocycles. The zero-order valence-corrected chi connectivity index (χ0v) is 24.5. The number of aromatic nitrogens is 1. The number of hydrogen-bond donors (Lipinski definition) is 5. The Labute approximate surface area is 248 Å². The van der Waals surface area contributed by atoms with Gasteiger partial charge in [-0.2, -0.15) is 4.73 Å². The molecule has 228 valence electrons. The molecule has 0 bridgehead atoms. The second kappa shape index (κ2) is 10.7. The van der Waals surface area contributed by atoms with Gasteiger partial charge in [-0.3, -0.25) is 19.3 Å². The van der Waals surface area contributed by atoms with E-state index in [2.05, 4.69) is 0 Å². The maximum Gasteiger partial charge on any atom is 0.255 e. The van der Waals surface area contributed by atoms with Crippen molar-refractivity contribution >= 4 is 28.9 Å². The van der Waals surface area contributed by atoms with E-state index in [1.807, 2.05) is 25.1 Å². The Bertz CT molecular complexity index is 1590. The molecule has 0 spiro atoms. The summed E-state index contributed by atoms with van der Waals surface area (Å²) in [7, 11) is 6.79. The van der Waals surface area contributed by atoms with Crippen LogP contribution in [0.25, 0.3) is 5.76 Å². The fourth-order valence-electron chi connectivity index (χ4n) is 7.03. The predicted molar refractivity (Wildman–Crippen MR) is 156 cm³/mol. The van der Waals surface area contributed by atoms with Gasteiger partial charge in [-0.05, 0) is 74.9 Å². The van der Waals surface area contributed by atoms with Crippen molar-refractivity contribution in [3.8, 4) is 5.75 Å². The van der Waals surface area contributed by atoms with Crippen LogP contribution < -0.4 is 15.4 Å². The fraction of sp³-hybridized carbons (Fsp3) is 0.419. The molecule has 1 heterocycles. The lowest BCUT2D eigenvalue weighted by atomic mass is 9.57. The molecule has 43 heavy (non-hydrogen) atoms. The lowest BCUT2D eigenvalue weighted by Gasteiger charge is -2.50. The van der Waals surface area contributed by atoms with E-state index in [9.17, 15) is 40.0 Å². The molecule has 0 radical (unpaired) electrons. The molecular weight excluding hydrogens is 556 g/mol. The van der Waals surface area contributed by atoms with E-state index in [1.165, 1.54) is 17.3 Å². The number of aromatic hydroxyl groups is 1. The summed E-state index contributed by atoms with van der Waals surface area (Å²) in [6, 6.07) is 4.16. The van der Waals surface area contributed by atoms with Crippen LogP contribution in [-0.4, -0.2) is 82.6 Å². The lowest BCUT2D eigenvalue weighted by Crippen LogP contribution is -2.65. The Morgan fingerprint density at radius 3 is 2.35 bits per heavy atom. The molecule has 1 aromatic heterocycles. The number of aryl methyl sites for hydroxylation is 2. The summed E-state index contributed by atoms with van der Waals surface area (Å²) in [6.45, 7) is 0.